The lowest BCUT2D eigenvalue weighted by Gasteiger charge is -2.26. The molecule has 0 amide bonds. The first-order valence-electron chi connectivity index (χ1n) is 4.76. The zero-order valence-corrected chi connectivity index (χ0v) is 13.4. The second kappa shape index (κ2) is 5.61. The molecule has 0 aliphatic rings. The third-order valence-electron chi connectivity index (χ3n) is 2.28. The van der Waals surface area contributed by atoms with E-state index < -0.39 is 18.2 Å². The Morgan fingerprint density at radius 3 is 2.59 bits per heavy atom. The van der Waals surface area contributed by atoms with Crippen molar-refractivity contribution < 1.29 is 13.5 Å². The Morgan fingerprint density at radius 2 is 2.12 bits per heavy atom. The van der Waals surface area contributed by atoms with E-state index in [1.807, 2.05) is 0 Å². The van der Waals surface area contributed by atoms with Crippen LogP contribution in [0.1, 0.15) is 18.6 Å². The van der Waals surface area contributed by atoms with Gasteiger partial charge in [-0.15, -0.1) is 0 Å². The number of hydrogen-bond acceptors (Lipinski definition) is 3. The number of halogens is 3. The van der Waals surface area contributed by atoms with Crippen LogP contribution < -0.4 is 0 Å². The molecule has 1 aromatic rings. The van der Waals surface area contributed by atoms with E-state index in [4.69, 9.17) is 23.2 Å². The van der Waals surface area contributed by atoms with Gasteiger partial charge in [0.25, 0.3) is 0 Å². The molecule has 0 spiro atoms. The van der Waals surface area contributed by atoms with E-state index in [2.05, 4.69) is 0 Å². The quantitative estimate of drug-likeness (QED) is 0.615. The molecule has 0 aliphatic carbocycles. The maximum absolute atomic E-state index is 11.8. The first-order chi connectivity index (χ1) is 7.72. The van der Waals surface area contributed by atoms with Gasteiger partial charge in [0.05, 0.1) is 5.75 Å². The van der Waals surface area contributed by atoms with E-state index >= 15 is 0 Å². The maximum atomic E-state index is 11.8. The summed E-state index contributed by atoms with van der Waals surface area (Å²) >= 11 is 13.3. The van der Waals surface area contributed by atoms with Crippen LogP contribution in [0, 0.1) is 0 Å². The minimum absolute atomic E-state index is 0.142. The van der Waals surface area contributed by atoms with Gasteiger partial charge in [-0.2, -0.15) is 0 Å². The van der Waals surface area contributed by atoms with Crippen molar-refractivity contribution in [3.8, 4) is 0 Å². The van der Waals surface area contributed by atoms with Gasteiger partial charge in [-0.25, -0.2) is 8.42 Å². The average molecular weight is 409 g/mol. The summed E-state index contributed by atoms with van der Waals surface area (Å²) in [6, 6.07) is 6.34. The van der Waals surface area contributed by atoms with Crippen LogP contribution in [0.3, 0.4) is 0 Å². The Morgan fingerprint density at radius 1 is 1.53 bits per heavy atom. The van der Waals surface area contributed by atoms with Crippen molar-refractivity contribution in [3.63, 3.8) is 0 Å². The van der Waals surface area contributed by atoms with Gasteiger partial charge in [0.2, 0.25) is 2.21 Å². The van der Waals surface area contributed by atoms with Crippen LogP contribution in [0.25, 0.3) is 0 Å². The van der Waals surface area contributed by atoms with Gasteiger partial charge < -0.3 is 5.11 Å². The molecule has 3 nitrogen and oxygen atoms in total. The number of rotatable bonds is 4. The number of sulfone groups is 1. The van der Waals surface area contributed by atoms with Crippen molar-refractivity contribution in [1.82, 2.24) is 0 Å². The van der Waals surface area contributed by atoms with Crippen molar-refractivity contribution in [2.24, 2.45) is 0 Å². The summed E-state index contributed by atoms with van der Waals surface area (Å²) in [6.45, 7) is 1.48. The van der Waals surface area contributed by atoms with Crippen molar-refractivity contribution in [1.29, 1.82) is 0 Å². The van der Waals surface area contributed by atoms with E-state index in [0.717, 1.165) is 0 Å². The van der Waals surface area contributed by atoms with Gasteiger partial charge in [0.15, 0.2) is 9.84 Å². The second-order valence-electron chi connectivity index (χ2n) is 3.42. The molecule has 0 unspecified atom stereocenters. The first-order valence-corrected chi connectivity index (χ1v) is 8.24. The van der Waals surface area contributed by atoms with Crippen LogP contribution in [0.4, 0.5) is 0 Å². The summed E-state index contributed by atoms with van der Waals surface area (Å²) in [5.41, 5.74) is 0.374. The van der Waals surface area contributed by atoms with E-state index in [1.54, 1.807) is 40.8 Å². The van der Waals surface area contributed by atoms with Gasteiger partial charge in [0, 0.05) is 5.02 Å². The fourth-order valence-electron chi connectivity index (χ4n) is 1.23. The summed E-state index contributed by atoms with van der Waals surface area (Å²) in [5.74, 6) is -0.142. The lowest BCUT2D eigenvalue weighted by Crippen LogP contribution is -2.34. The molecular formula is C10H11Cl2IO3S. The second-order valence-corrected chi connectivity index (χ2v) is 10.2. The summed E-state index contributed by atoms with van der Waals surface area (Å²) < 4.78 is 21.8. The average Bonchev–Trinajstić information content (AvgIpc) is 2.27. The predicted molar refractivity (Wildman–Crippen MR) is 78.5 cm³/mol. The summed E-state index contributed by atoms with van der Waals surface area (Å²) in [4.78, 5) is 0. The Labute approximate surface area is 124 Å². The number of aliphatic hydroxyl groups is 1. The molecule has 96 valence electrons. The molecule has 7 heteroatoms. The van der Waals surface area contributed by atoms with Crippen molar-refractivity contribution in [2.75, 3.05) is 5.75 Å². The summed E-state index contributed by atoms with van der Waals surface area (Å²) in [6.07, 6.45) is -1.34. The molecule has 0 radical (unpaired) electrons. The highest BCUT2D eigenvalue weighted by Gasteiger charge is 2.45. The minimum Gasteiger partial charge on any atom is -0.385 e. The first kappa shape index (κ1) is 15.5. The monoisotopic (exact) mass is 408 g/mol. The number of hydrogen-bond donors (Lipinski definition) is 1. The molecule has 1 rings (SSSR count). The molecule has 2 atom stereocenters. The van der Waals surface area contributed by atoms with E-state index in [0.29, 0.717) is 10.6 Å². The topological polar surface area (TPSA) is 54.4 Å². The highest BCUT2D eigenvalue weighted by Crippen LogP contribution is 2.43. The van der Waals surface area contributed by atoms with Gasteiger partial charge >= 0.3 is 0 Å². The fraction of sp³-hybridized carbons (Fsp3) is 0.400. The Hall–Kier alpha value is 0.440. The van der Waals surface area contributed by atoms with Gasteiger partial charge in [0.1, 0.15) is 6.10 Å². The zero-order chi connectivity index (χ0) is 13.3. The van der Waals surface area contributed by atoms with E-state index in [9.17, 15) is 13.5 Å². The van der Waals surface area contributed by atoms with Crippen molar-refractivity contribution in [3.05, 3.63) is 34.9 Å². The molecule has 0 aliphatic heterocycles. The molecular weight excluding hydrogens is 398 g/mol. The Balaban J connectivity index is 3.17. The van der Waals surface area contributed by atoms with Crippen molar-refractivity contribution in [2.45, 2.75) is 15.2 Å². The van der Waals surface area contributed by atoms with Crippen LogP contribution in [0.15, 0.2) is 24.3 Å². The Bertz CT molecular complexity index is 502. The molecule has 0 aromatic heterocycles. The molecule has 0 saturated carbocycles. The molecule has 0 heterocycles. The standard InChI is InChI=1S/C10H11Cl2IO3S/c1-2-17(15,16)10(12,13)9(14)7-4-3-5-8(11)6-7/h3-6,9,14H,2H2,1H3/t9-,10-/m0/s1. The summed E-state index contributed by atoms with van der Waals surface area (Å²) in [7, 11) is -3.60. The van der Waals surface area contributed by atoms with Crippen LogP contribution in [-0.2, 0) is 9.84 Å². The number of benzene rings is 1. The van der Waals surface area contributed by atoms with Crippen molar-refractivity contribution >= 4 is 55.6 Å². The molecule has 1 N–H and O–H groups in total. The molecule has 0 saturated heterocycles. The van der Waals surface area contributed by atoms with Crippen LogP contribution in [-0.4, -0.2) is 21.5 Å². The minimum atomic E-state index is -3.60. The third-order valence-corrected chi connectivity index (χ3v) is 7.84. The lowest BCUT2D eigenvalue weighted by molar-refractivity contribution is 0.187. The lowest BCUT2D eigenvalue weighted by atomic mass is 10.1. The number of aliphatic hydroxyl groups excluding tert-OH is 1. The van der Waals surface area contributed by atoms with Crippen LogP contribution in [0.2, 0.25) is 5.02 Å². The predicted octanol–water partition coefficient (Wildman–Crippen LogP) is 3.14. The number of alkyl halides is 2. The summed E-state index contributed by atoms with van der Waals surface area (Å²) in [5, 5.41) is 10.5. The molecule has 0 fully saturated rings. The smallest absolute Gasteiger partial charge is 0.225 e. The Kier molecular flexibility index (Phi) is 5.11. The van der Waals surface area contributed by atoms with Gasteiger partial charge in [-0.1, -0.05) is 42.3 Å². The van der Waals surface area contributed by atoms with Gasteiger partial charge in [-0.3, -0.25) is 0 Å². The molecule has 17 heavy (non-hydrogen) atoms. The largest absolute Gasteiger partial charge is 0.385 e. The van der Waals surface area contributed by atoms with Gasteiger partial charge in [-0.05, 0) is 40.3 Å². The molecule has 0 bridgehead atoms. The van der Waals surface area contributed by atoms with E-state index in [-0.39, 0.29) is 5.75 Å². The maximum Gasteiger partial charge on any atom is 0.225 e. The highest BCUT2D eigenvalue weighted by atomic mass is 127. The molecule has 1 aromatic carbocycles. The van der Waals surface area contributed by atoms with Crippen LogP contribution >= 0.6 is 45.8 Å². The highest BCUT2D eigenvalue weighted by molar-refractivity contribution is 14.1. The normalized spacial score (nSPS) is 17.5. The zero-order valence-electron chi connectivity index (χ0n) is 8.90. The fourth-order valence-corrected chi connectivity index (χ4v) is 4.04. The SMILES string of the molecule is CCS(=O)(=O)[C@@](Cl)(I)[C@@H](O)c1cccc(Cl)c1. The van der Waals surface area contributed by atoms with E-state index in [1.165, 1.54) is 13.0 Å². The third kappa shape index (κ3) is 3.26. The van der Waals surface area contributed by atoms with Crippen LogP contribution in [0.5, 0.6) is 0 Å².